The normalized spacial score (nSPS) is 13.5. The van der Waals surface area contributed by atoms with E-state index in [2.05, 4.69) is 69.1 Å². The van der Waals surface area contributed by atoms with Gasteiger partial charge in [-0.25, -0.2) is 9.97 Å². The van der Waals surface area contributed by atoms with Gasteiger partial charge >= 0.3 is 0 Å². The van der Waals surface area contributed by atoms with Crippen molar-refractivity contribution >= 4 is 27.8 Å². The van der Waals surface area contributed by atoms with Crippen LogP contribution in [0.5, 0.6) is 0 Å². The van der Waals surface area contributed by atoms with E-state index in [1.54, 1.807) is 22.7 Å². The number of nitrogens with one attached hydrogen (secondary N) is 1. The molecular formula is C24H22N6S2. The molecule has 0 unspecified atom stereocenters. The molecule has 160 valence electrons. The Kier molecular flexibility index (Phi) is 4.88. The van der Waals surface area contributed by atoms with Crippen molar-refractivity contribution in [1.82, 2.24) is 24.3 Å². The highest BCUT2D eigenvalue weighted by molar-refractivity contribution is 7.19. The van der Waals surface area contributed by atoms with Gasteiger partial charge in [0.15, 0.2) is 10.3 Å². The summed E-state index contributed by atoms with van der Waals surface area (Å²) in [7, 11) is 0. The second kappa shape index (κ2) is 8.03. The number of hydrogen-bond acceptors (Lipinski definition) is 6. The zero-order valence-electron chi connectivity index (χ0n) is 17.6. The molecule has 0 bridgehead atoms. The van der Waals surface area contributed by atoms with E-state index in [-0.39, 0.29) is 0 Å². The monoisotopic (exact) mass is 458 g/mol. The molecule has 1 aliphatic carbocycles. The number of rotatable bonds is 6. The first-order valence-electron chi connectivity index (χ1n) is 10.6. The van der Waals surface area contributed by atoms with Crippen LogP contribution in [0, 0.1) is 6.92 Å². The molecule has 0 fully saturated rings. The summed E-state index contributed by atoms with van der Waals surface area (Å²) in [5, 5.41) is 12.3. The third-order valence-corrected chi connectivity index (χ3v) is 7.83. The van der Waals surface area contributed by atoms with Crippen LogP contribution in [0.3, 0.4) is 0 Å². The zero-order chi connectivity index (χ0) is 21.5. The molecule has 6 rings (SSSR count). The lowest BCUT2D eigenvalue weighted by Crippen LogP contribution is -2.09. The number of fused-ring (bicyclic) bond motifs is 1. The van der Waals surface area contributed by atoms with Crippen LogP contribution < -0.4 is 5.32 Å². The molecule has 0 aliphatic heterocycles. The van der Waals surface area contributed by atoms with Gasteiger partial charge in [-0.1, -0.05) is 35.6 Å². The number of aromatic nitrogens is 5. The summed E-state index contributed by atoms with van der Waals surface area (Å²) < 4.78 is 4.24. The van der Waals surface area contributed by atoms with Gasteiger partial charge in [0.25, 0.3) is 0 Å². The van der Waals surface area contributed by atoms with Crippen molar-refractivity contribution in [1.29, 1.82) is 0 Å². The maximum absolute atomic E-state index is 4.93. The molecule has 1 aliphatic rings. The smallest absolute Gasteiger partial charge is 0.193 e. The molecular weight excluding hydrogens is 436 g/mol. The first-order valence-corrected chi connectivity index (χ1v) is 12.3. The van der Waals surface area contributed by atoms with E-state index in [1.807, 2.05) is 23.8 Å². The second-order valence-electron chi connectivity index (χ2n) is 7.98. The molecule has 0 spiro atoms. The standard InChI is InChI=1S/C24H22N6S2/c1-16-22(21-8-11-30(28-21)20-13-17-5-2-3-6-18(17)14-20)32-23(27-16)26-15-19-7-4-10-29(19)24-25-9-12-31-24/h2-12,20H,13-15H2,1H3,(H,26,27). The molecule has 8 heteroatoms. The van der Waals surface area contributed by atoms with Crippen molar-refractivity contribution in [3.05, 3.63) is 88.9 Å². The summed E-state index contributed by atoms with van der Waals surface area (Å²) in [5.41, 5.74) is 6.04. The molecule has 4 heterocycles. The minimum absolute atomic E-state index is 0.394. The quantitative estimate of drug-likeness (QED) is 0.364. The topological polar surface area (TPSA) is 60.6 Å². The Bertz CT molecular complexity index is 1340. The predicted molar refractivity (Wildman–Crippen MR) is 130 cm³/mol. The molecule has 1 aromatic carbocycles. The Balaban J connectivity index is 1.17. The lowest BCUT2D eigenvalue weighted by molar-refractivity contribution is 0.476. The van der Waals surface area contributed by atoms with Crippen LogP contribution in [-0.2, 0) is 19.4 Å². The summed E-state index contributed by atoms with van der Waals surface area (Å²) in [4.78, 5) is 10.3. The van der Waals surface area contributed by atoms with Gasteiger partial charge in [-0.3, -0.25) is 9.25 Å². The zero-order valence-corrected chi connectivity index (χ0v) is 19.2. The molecule has 32 heavy (non-hydrogen) atoms. The van der Waals surface area contributed by atoms with Gasteiger partial charge in [-0.2, -0.15) is 5.10 Å². The fourth-order valence-corrected chi connectivity index (χ4v) is 5.93. The van der Waals surface area contributed by atoms with Crippen LogP contribution in [0.25, 0.3) is 15.7 Å². The number of thiazole rings is 2. The van der Waals surface area contributed by atoms with E-state index in [1.165, 1.54) is 11.1 Å². The van der Waals surface area contributed by atoms with E-state index >= 15 is 0 Å². The predicted octanol–water partition coefficient (Wildman–Crippen LogP) is 5.51. The second-order valence-corrected chi connectivity index (χ2v) is 9.86. The van der Waals surface area contributed by atoms with E-state index < -0.39 is 0 Å². The van der Waals surface area contributed by atoms with Crippen molar-refractivity contribution in [2.24, 2.45) is 0 Å². The maximum atomic E-state index is 4.93. The number of nitrogens with zero attached hydrogens (tertiary/aromatic N) is 5. The van der Waals surface area contributed by atoms with Crippen molar-refractivity contribution in [2.45, 2.75) is 32.4 Å². The molecule has 0 atom stereocenters. The summed E-state index contributed by atoms with van der Waals surface area (Å²) in [5.74, 6) is 0. The first kappa shape index (κ1) is 19.5. The molecule has 0 radical (unpaired) electrons. The van der Waals surface area contributed by atoms with Gasteiger partial charge in [0.05, 0.1) is 23.2 Å². The average molecular weight is 459 g/mol. The summed E-state index contributed by atoms with van der Waals surface area (Å²) >= 11 is 3.29. The fourth-order valence-electron chi connectivity index (χ4n) is 4.34. The Hall–Kier alpha value is -3.23. The molecule has 0 saturated carbocycles. The highest BCUT2D eigenvalue weighted by Crippen LogP contribution is 2.34. The van der Waals surface area contributed by atoms with Crippen molar-refractivity contribution in [2.75, 3.05) is 5.32 Å². The summed E-state index contributed by atoms with van der Waals surface area (Å²) in [6.45, 7) is 2.74. The minimum atomic E-state index is 0.394. The molecule has 5 aromatic rings. The van der Waals surface area contributed by atoms with Gasteiger partial charge in [0.1, 0.15) is 5.69 Å². The van der Waals surface area contributed by atoms with E-state index in [0.717, 1.165) is 45.1 Å². The summed E-state index contributed by atoms with van der Waals surface area (Å²) in [6, 6.07) is 15.4. The van der Waals surface area contributed by atoms with Gasteiger partial charge in [0, 0.05) is 29.7 Å². The van der Waals surface area contributed by atoms with Crippen molar-refractivity contribution < 1.29 is 0 Å². The van der Waals surface area contributed by atoms with Crippen LogP contribution in [-0.4, -0.2) is 24.3 Å². The number of anilines is 1. The van der Waals surface area contributed by atoms with Crippen molar-refractivity contribution in [3.63, 3.8) is 0 Å². The van der Waals surface area contributed by atoms with E-state index in [0.29, 0.717) is 12.6 Å². The SMILES string of the molecule is Cc1nc(NCc2cccn2-c2nccs2)sc1-c1ccn(C2Cc3ccccc3C2)n1. The van der Waals surface area contributed by atoms with E-state index in [4.69, 9.17) is 10.1 Å². The largest absolute Gasteiger partial charge is 0.356 e. The van der Waals surface area contributed by atoms with Gasteiger partial charge in [-0.05, 0) is 49.1 Å². The van der Waals surface area contributed by atoms with Gasteiger partial charge in [-0.15, -0.1) is 11.3 Å². The molecule has 1 N–H and O–H groups in total. The fraction of sp³-hybridized carbons (Fsp3) is 0.208. The van der Waals surface area contributed by atoms with Gasteiger partial charge in [0.2, 0.25) is 0 Å². The average Bonchev–Trinajstić information content (AvgIpc) is 3.62. The molecule has 6 nitrogen and oxygen atoms in total. The van der Waals surface area contributed by atoms with Crippen LogP contribution in [0.15, 0.2) is 66.4 Å². The van der Waals surface area contributed by atoms with Crippen LogP contribution in [0.1, 0.15) is 28.6 Å². The Morgan fingerprint density at radius 1 is 1.06 bits per heavy atom. The van der Waals surface area contributed by atoms with Crippen LogP contribution in [0.2, 0.25) is 0 Å². The Morgan fingerprint density at radius 3 is 2.69 bits per heavy atom. The number of benzene rings is 1. The third-order valence-electron chi connectivity index (χ3n) is 5.92. The van der Waals surface area contributed by atoms with Crippen LogP contribution >= 0.6 is 22.7 Å². The lowest BCUT2D eigenvalue weighted by Gasteiger charge is -2.09. The third kappa shape index (κ3) is 3.55. The maximum Gasteiger partial charge on any atom is 0.193 e. The summed E-state index contributed by atoms with van der Waals surface area (Å²) in [6.07, 6.45) is 8.08. The number of aryl methyl sites for hydroxylation is 1. The highest BCUT2D eigenvalue weighted by atomic mass is 32.1. The first-order chi connectivity index (χ1) is 15.7. The minimum Gasteiger partial charge on any atom is -0.356 e. The van der Waals surface area contributed by atoms with E-state index in [9.17, 15) is 0 Å². The molecule has 4 aromatic heterocycles. The van der Waals surface area contributed by atoms with Crippen molar-refractivity contribution in [3.8, 4) is 15.7 Å². The highest BCUT2D eigenvalue weighted by Gasteiger charge is 2.23. The Morgan fingerprint density at radius 2 is 1.91 bits per heavy atom. The number of hydrogen-bond donors (Lipinski definition) is 1. The lowest BCUT2D eigenvalue weighted by atomic mass is 10.1. The molecule has 0 amide bonds. The van der Waals surface area contributed by atoms with Gasteiger partial charge < -0.3 is 5.32 Å². The molecule has 0 saturated heterocycles. The Labute approximate surface area is 194 Å². The van der Waals surface area contributed by atoms with Crippen LogP contribution in [0.4, 0.5) is 5.13 Å².